The number of benzene rings is 3. The maximum atomic E-state index is 9.67. The molecular weight excluding hydrogens is 364 g/mol. The number of ether oxygens (including phenoxy) is 2. The van der Waals surface area contributed by atoms with E-state index >= 15 is 0 Å². The Morgan fingerprint density at radius 2 is 1.17 bits per heavy atom. The second-order valence-electron chi connectivity index (χ2n) is 8.32. The van der Waals surface area contributed by atoms with Crippen molar-refractivity contribution in [1.29, 1.82) is 0 Å². The Morgan fingerprint density at radius 1 is 0.793 bits per heavy atom. The number of aromatic hydroxyl groups is 2. The smallest absolute Gasteiger partial charge is 0.134 e. The van der Waals surface area contributed by atoms with Crippen molar-refractivity contribution in [3.63, 3.8) is 0 Å². The van der Waals surface area contributed by atoms with Crippen molar-refractivity contribution in [3.05, 3.63) is 89.5 Å². The Labute approximate surface area is 171 Å². The van der Waals surface area contributed by atoms with Crippen LogP contribution in [0.15, 0.2) is 72.8 Å². The van der Waals surface area contributed by atoms with Crippen molar-refractivity contribution >= 4 is 0 Å². The Morgan fingerprint density at radius 3 is 1.55 bits per heavy atom. The number of rotatable bonds is 6. The number of epoxide rings is 1. The Bertz CT molecular complexity index is 923. The Hall–Kier alpha value is -2.98. The van der Waals surface area contributed by atoms with Crippen molar-refractivity contribution in [1.82, 2.24) is 0 Å². The molecule has 0 amide bonds. The van der Waals surface area contributed by atoms with Gasteiger partial charge in [0.25, 0.3) is 0 Å². The molecule has 0 radical (unpaired) electrons. The average Bonchev–Trinajstić information content (AvgIpc) is 3.46. The van der Waals surface area contributed by atoms with Crippen molar-refractivity contribution in [2.75, 3.05) is 6.61 Å². The zero-order chi connectivity index (χ0) is 20.6. The predicted octanol–water partition coefficient (Wildman–Crippen LogP) is 5.22. The molecule has 1 heterocycles. The topological polar surface area (TPSA) is 62.2 Å². The van der Waals surface area contributed by atoms with E-state index in [0.29, 0.717) is 6.61 Å². The molecule has 0 saturated carbocycles. The standard InChI is InChI=1S/C25H26O4/c1-24(2,25(3)16-28-25)29-22-14-8-19(9-15-22)23(17-4-10-20(26)11-5-17)18-6-12-21(27)13-7-18/h4-15,23,26-27H,16H2,1-3H3. The van der Waals surface area contributed by atoms with E-state index in [0.717, 1.165) is 22.4 Å². The zero-order valence-corrected chi connectivity index (χ0v) is 16.9. The predicted molar refractivity (Wildman–Crippen MR) is 113 cm³/mol. The summed E-state index contributed by atoms with van der Waals surface area (Å²) in [6, 6.07) is 22.6. The van der Waals surface area contributed by atoms with Crippen molar-refractivity contribution in [2.45, 2.75) is 37.9 Å². The molecule has 0 aliphatic carbocycles. The lowest BCUT2D eigenvalue weighted by Gasteiger charge is -2.30. The summed E-state index contributed by atoms with van der Waals surface area (Å²) >= 11 is 0. The minimum atomic E-state index is -0.415. The average molecular weight is 390 g/mol. The van der Waals surface area contributed by atoms with Gasteiger partial charge in [-0.15, -0.1) is 0 Å². The highest BCUT2D eigenvalue weighted by Gasteiger charge is 2.54. The summed E-state index contributed by atoms with van der Waals surface area (Å²) < 4.78 is 11.8. The second-order valence-corrected chi connectivity index (χ2v) is 8.32. The second kappa shape index (κ2) is 7.12. The van der Waals surface area contributed by atoms with Crippen LogP contribution in [-0.4, -0.2) is 28.0 Å². The zero-order valence-electron chi connectivity index (χ0n) is 16.9. The van der Waals surface area contributed by atoms with Crippen LogP contribution in [0.25, 0.3) is 0 Å². The first-order chi connectivity index (χ1) is 13.8. The first-order valence-corrected chi connectivity index (χ1v) is 9.78. The van der Waals surface area contributed by atoms with Gasteiger partial charge in [-0.2, -0.15) is 0 Å². The quantitative estimate of drug-likeness (QED) is 0.447. The van der Waals surface area contributed by atoms with Crippen molar-refractivity contribution in [3.8, 4) is 17.2 Å². The molecule has 4 nitrogen and oxygen atoms in total. The van der Waals surface area contributed by atoms with E-state index in [2.05, 4.69) is 19.1 Å². The maximum Gasteiger partial charge on any atom is 0.134 e. The summed E-state index contributed by atoms with van der Waals surface area (Å²) in [4.78, 5) is 0. The van der Waals surface area contributed by atoms with E-state index in [4.69, 9.17) is 9.47 Å². The van der Waals surface area contributed by atoms with Gasteiger partial charge in [-0.05, 0) is 73.9 Å². The van der Waals surface area contributed by atoms with Gasteiger partial charge in [0.1, 0.15) is 28.5 Å². The lowest BCUT2D eigenvalue weighted by Crippen LogP contribution is -2.43. The first kappa shape index (κ1) is 19.3. The van der Waals surface area contributed by atoms with Gasteiger partial charge >= 0.3 is 0 Å². The maximum absolute atomic E-state index is 9.67. The highest BCUT2D eigenvalue weighted by atomic mass is 16.6. The van der Waals surface area contributed by atoms with Gasteiger partial charge in [-0.3, -0.25) is 0 Å². The molecule has 3 aromatic rings. The van der Waals surface area contributed by atoms with E-state index in [9.17, 15) is 10.2 Å². The molecule has 0 aromatic heterocycles. The van der Waals surface area contributed by atoms with Crippen LogP contribution >= 0.6 is 0 Å². The van der Waals surface area contributed by atoms with E-state index < -0.39 is 5.60 Å². The van der Waals surface area contributed by atoms with Crippen LogP contribution in [0.2, 0.25) is 0 Å². The molecule has 1 saturated heterocycles. The summed E-state index contributed by atoms with van der Waals surface area (Å²) in [5, 5.41) is 19.3. The van der Waals surface area contributed by atoms with Crippen LogP contribution in [0, 0.1) is 0 Å². The van der Waals surface area contributed by atoms with Gasteiger partial charge in [0.2, 0.25) is 0 Å². The number of phenols is 2. The molecule has 2 N–H and O–H groups in total. The molecule has 1 fully saturated rings. The van der Waals surface area contributed by atoms with Gasteiger partial charge < -0.3 is 19.7 Å². The highest BCUT2D eigenvalue weighted by Crippen LogP contribution is 2.41. The normalized spacial score (nSPS) is 18.6. The van der Waals surface area contributed by atoms with Gasteiger partial charge in [0, 0.05) is 5.92 Å². The van der Waals surface area contributed by atoms with E-state index in [-0.39, 0.29) is 23.0 Å². The lowest BCUT2D eigenvalue weighted by atomic mass is 9.85. The first-order valence-electron chi connectivity index (χ1n) is 9.78. The van der Waals surface area contributed by atoms with Crippen molar-refractivity contribution < 1.29 is 19.7 Å². The molecule has 1 aliphatic rings. The summed E-state index contributed by atoms with van der Waals surface area (Å²) in [5.41, 5.74) is 2.55. The summed E-state index contributed by atoms with van der Waals surface area (Å²) in [5.74, 6) is 1.24. The summed E-state index contributed by atoms with van der Waals surface area (Å²) in [6.07, 6.45) is 0. The third-order valence-corrected chi connectivity index (χ3v) is 5.89. The Balaban J connectivity index is 1.65. The van der Waals surface area contributed by atoms with Gasteiger partial charge in [-0.25, -0.2) is 0 Å². The minimum Gasteiger partial charge on any atom is -0.508 e. The fraction of sp³-hybridized carbons (Fsp3) is 0.280. The van der Waals surface area contributed by atoms with E-state index in [1.807, 2.05) is 50.2 Å². The molecule has 4 rings (SSSR count). The van der Waals surface area contributed by atoms with Crippen LogP contribution in [0.4, 0.5) is 0 Å². The lowest BCUT2D eigenvalue weighted by molar-refractivity contribution is 0.0268. The van der Waals surface area contributed by atoms with Gasteiger partial charge in [-0.1, -0.05) is 36.4 Å². The van der Waals surface area contributed by atoms with Crippen molar-refractivity contribution in [2.24, 2.45) is 0 Å². The van der Waals surface area contributed by atoms with E-state index in [1.165, 1.54) is 0 Å². The molecule has 1 unspecified atom stereocenters. The minimum absolute atomic E-state index is 0.0254. The Kier molecular flexibility index (Phi) is 4.75. The van der Waals surface area contributed by atoms with Crippen LogP contribution in [0.5, 0.6) is 17.2 Å². The summed E-state index contributed by atoms with van der Waals surface area (Å²) in [6.45, 7) is 6.86. The molecule has 150 valence electrons. The third-order valence-electron chi connectivity index (χ3n) is 5.89. The monoisotopic (exact) mass is 390 g/mol. The SMILES string of the molecule is CC(C)(Oc1ccc(C(c2ccc(O)cc2)c2ccc(O)cc2)cc1)C1(C)CO1. The van der Waals surface area contributed by atoms with Crippen LogP contribution in [-0.2, 0) is 4.74 Å². The molecular formula is C25H26O4. The summed E-state index contributed by atoms with van der Waals surface area (Å²) in [7, 11) is 0. The van der Waals surface area contributed by atoms with Crippen LogP contribution in [0.1, 0.15) is 43.4 Å². The molecule has 4 heteroatoms. The molecule has 0 bridgehead atoms. The molecule has 0 spiro atoms. The third kappa shape index (κ3) is 3.94. The van der Waals surface area contributed by atoms with E-state index in [1.54, 1.807) is 24.3 Å². The van der Waals surface area contributed by atoms with Gasteiger partial charge in [0.15, 0.2) is 0 Å². The molecule has 1 atom stereocenters. The highest BCUT2D eigenvalue weighted by molar-refractivity contribution is 5.46. The fourth-order valence-electron chi connectivity index (χ4n) is 3.50. The number of phenolic OH excluding ortho intramolecular Hbond substituents is 2. The number of hydrogen-bond acceptors (Lipinski definition) is 4. The molecule has 1 aliphatic heterocycles. The fourth-order valence-corrected chi connectivity index (χ4v) is 3.50. The molecule has 3 aromatic carbocycles. The van der Waals surface area contributed by atoms with Gasteiger partial charge in [0.05, 0.1) is 6.61 Å². The largest absolute Gasteiger partial charge is 0.508 e. The van der Waals surface area contributed by atoms with Crippen LogP contribution in [0.3, 0.4) is 0 Å². The number of hydrogen-bond donors (Lipinski definition) is 2. The van der Waals surface area contributed by atoms with Crippen LogP contribution < -0.4 is 4.74 Å². The molecule has 29 heavy (non-hydrogen) atoms.